The highest BCUT2D eigenvalue weighted by Gasteiger charge is 2.31. The fourth-order valence-electron chi connectivity index (χ4n) is 2.53. The normalized spacial score (nSPS) is 11.5. The van der Waals surface area contributed by atoms with Crippen molar-refractivity contribution in [3.05, 3.63) is 58.9 Å². The summed E-state index contributed by atoms with van der Waals surface area (Å²) in [6.45, 7) is 1.33. The van der Waals surface area contributed by atoms with Gasteiger partial charge in [-0.05, 0) is 37.3 Å². The third-order valence-corrected chi connectivity index (χ3v) is 3.83. The van der Waals surface area contributed by atoms with Crippen LogP contribution < -0.4 is 15.6 Å². The number of hydrogen-bond donors (Lipinski definition) is 3. The van der Waals surface area contributed by atoms with Gasteiger partial charge >= 0.3 is 6.36 Å². The quantitative estimate of drug-likeness (QED) is 0.631. The van der Waals surface area contributed by atoms with Crippen LogP contribution in [0.5, 0.6) is 5.75 Å². The number of rotatable bonds is 4. The number of nitrogens with zero attached hydrogens (tertiary/aromatic N) is 1. The summed E-state index contributed by atoms with van der Waals surface area (Å²) >= 11 is 0. The molecule has 0 saturated heterocycles. The average molecular weight is 393 g/mol. The molecule has 0 atom stereocenters. The molecule has 7 nitrogen and oxygen atoms in total. The highest BCUT2D eigenvalue weighted by atomic mass is 19.4. The molecule has 0 unspecified atom stereocenters. The largest absolute Gasteiger partial charge is 0.573 e. The van der Waals surface area contributed by atoms with Crippen LogP contribution in [0.15, 0.2) is 40.9 Å². The molecule has 2 heterocycles. The van der Waals surface area contributed by atoms with Gasteiger partial charge in [-0.15, -0.1) is 13.2 Å². The summed E-state index contributed by atoms with van der Waals surface area (Å²) in [6, 6.07) is 5.96. The Kier molecular flexibility index (Phi) is 5.06. The van der Waals surface area contributed by atoms with Crippen molar-refractivity contribution in [3.8, 4) is 5.75 Å². The third kappa shape index (κ3) is 4.12. The summed E-state index contributed by atoms with van der Waals surface area (Å²) in [5.74, 6) is -1.12. The second-order valence-corrected chi connectivity index (χ2v) is 5.79. The fraction of sp³-hybridized carbons (Fsp3) is 0.167. The minimum Gasteiger partial charge on any atom is -0.436 e. The highest BCUT2D eigenvalue weighted by molar-refractivity contribution is 6.05. The molecule has 10 heteroatoms. The topological polar surface area (TPSA) is 108 Å². The lowest BCUT2D eigenvalue weighted by atomic mass is 10.1. The van der Waals surface area contributed by atoms with Gasteiger partial charge < -0.3 is 19.6 Å². The zero-order valence-corrected chi connectivity index (χ0v) is 14.4. The van der Waals surface area contributed by atoms with Crippen molar-refractivity contribution in [1.82, 2.24) is 4.98 Å². The number of aliphatic hydroxyl groups excluding tert-OH is 1. The van der Waals surface area contributed by atoms with Gasteiger partial charge in [0.2, 0.25) is 5.55 Å². The Labute approximate surface area is 155 Å². The van der Waals surface area contributed by atoms with Crippen LogP contribution >= 0.6 is 0 Å². The van der Waals surface area contributed by atoms with Gasteiger partial charge in [-0.1, -0.05) is 0 Å². The number of aromatic nitrogens is 1. The predicted molar refractivity (Wildman–Crippen MR) is 91.6 cm³/mol. The molecule has 0 aliphatic heterocycles. The number of alkyl halides is 3. The third-order valence-electron chi connectivity index (χ3n) is 3.83. The maximum absolute atomic E-state index is 12.5. The smallest absolute Gasteiger partial charge is 0.436 e. The van der Waals surface area contributed by atoms with Gasteiger partial charge in [-0.2, -0.15) is 0 Å². The molecule has 2 aromatic heterocycles. The Morgan fingerprint density at radius 2 is 2.00 bits per heavy atom. The molecular weight excluding hydrogens is 379 g/mol. The minimum atomic E-state index is -4.81. The number of nitrogens with one attached hydrogen (secondary N) is 2. The first-order chi connectivity index (χ1) is 13.2. The number of amides is 1. The van der Waals surface area contributed by atoms with Crippen molar-refractivity contribution in [3.63, 3.8) is 0 Å². The molecule has 146 valence electrons. The summed E-state index contributed by atoms with van der Waals surface area (Å²) < 4.78 is 45.7. The number of pyridine rings is 1. The van der Waals surface area contributed by atoms with Crippen LogP contribution in [0.3, 0.4) is 0 Å². The number of anilines is 1. The summed E-state index contributed by atoms with van der Waals surface area (Å²) in [6.07, 6.45) is -3.37. The van der Waals surface area contributed by atoms with Crippen LogP contribution in [0.4, 0.5) is 18.9 Å². The molecule has 3 aromatic rings. The monoisotopic (exact) mass is 393 g/mol. The van der Waals surface area contributed by atoms with E-state index in [9.17, 15) is 23.1 Å². The van der Waals surface area contributed by atoms with Gasteiger partial charge in [0.05, 0.1) is 12.3 Å². The number of benzene rings is 1. The van der Waals surface area contributed by atoms with Crippen LogP contribution in [0.1, 0.15) is 21.6 Å². The van der Waals surface area contributed by atoms with Gasteiger partial charge in [0.15, 0.2) is 5.58 Å². The van der Waals surface area contributed by atoms with E-state index in [0.717, 1.165) is 12.1 Å². The maximum atomic E-state index is 12.5. The van der Waals surface area contributed by atoms with Crippen molar-refractivity contribution in [2.24, 2.45) is 0 Å². The first kappa shape index (κ1) is 19.4. The molecule has 0 spiro atoms. The predicted octanol–water partition coefficient (Wildman–Crippen LogP) is 3.26. The van der Waals surface area contributed by atoms with Crippen molar-refractivity contribution in [1.29, 1.82) is 5.41 Å². The van der Waals surface area contributed by atoms with Gasteiger partial charge in [0, 0.05) is 22.8 Å². The van der Waals surface area contributed by atoms with E-state index in [2.05, 4.69) is 15.0 Å². The number of ether oxygens (including phenoxy) is 1. The lowest BCUT2D eigenvalue weighted by Gasteiger charge is -2.11. The van der Waals surface area contributed by atoms with Crippen LogP contribution in [0, 0.1) is 12.3 Å². The molecule has 3 N–H and O–H groups in total. The molecule has 3 rings (SSSR count). The van der Waals surface area contributed by atoms with Crippen molar-refractivity contribution in [2.75, 3.05) is 5.32 Å². The molecule has 1 amide bonds. The van der Waals surface area contributed by atoms with Crippen molar-refractivity contribution < 1.29 is 32.2 Å². The van der Waals surface area contributed by atoms with Crippen molar-refractivity contribution in [2.45, 2.75) is 19.9 Å². The lowest BCUT2D eigenvalue weighted by Crippen LogP contribution is -2.21. The van der Waals surface area contributed by atoms with E-state index in [1.54, 1.807) is 6.92 Å². The van der Waals surface area contributed by atoms with Crippen LogP contribution in [-0.2, 0) is 6.61 Å². The van der Waals surface area contributed by atoms with E-state index in [-0.39, 0.29) is 23.4 Å². The van der Waals surface area contributed by atoms with E-state index in [1.807, 2.05) is 0 Å². The lowest BCUT2D eigenvalue weighted by molar-refractivity contribution is -0.274. The molecule has 0 aliphatic rings. The van der Waals surface area contributed by atoms with E-state index < -0.39 is 23.6 Å². The Morgan fingerprint density at radius 3 is 2.61 bits per heavy atom. The second-order valence-electron chi connectivity index (χ2n) is 5.79. The molecule has 0 bridgehead atoms. The number of carbonyl (C=O) groups excluding carboxylic acids is 1. The molecule has 0 saturated carbocycles. The fourth-order valence-corrected chi connectivity index (χ4v) is 2.53. The van der Waals surface area contributed by atoms with E-state index >= 15 is 0 Å². The number of aliphatic hydroxyl groups is 1. The summed E-state index contributed by atoms with van der Waals surface area (Å²) in [5, 5.41) is 20.3. The highest BCUT2D eigenvalue weighted by Crippen LogP contribution is 2.24. The molecule has 0 fully saturated rings. The van der Waals surface area contributed by atoms with Gasteiger partial charge in [0.25, 0.3) is 5.91 Å². The second kappa shape index (κ2) is 7.31. The number of fused-ring (bicyclic) bond motifs is 1. The van der Waals surface area contributed by atoms with E-state index in [4.69, 9.17) is 9.83 Å². The first-order valence-electron chi connectivity index (χ1n) is 7.93. The molecule has 28 heavy (non-hydrogen) atoms. The van der Waals surface area contributed by atoms with Gasteiger partial charge in [0.1, 0.15) is 11.3 Å². The van der Waals surface area contributed by atoms with Crippen LogP contribution in [0.25, 0.3) is 11.0 Å². The van der Waals surface area contributed by atoms with Crippen LogP contribution in [-0.4, -0.2) is 22.4 Å². The number of hydrogen-bond acceptors (Lipinski definition) is 6. The Hall–Kier alpha value is -3.40. The van der Waals surface area contributed by atoms with Gasteiger partial charge in [-0.3, -0.25) is 15.2 Å². The van der Waals surface area contributed by atoms with E-state index in [1.165, 1.54) is 24.4 Å². The van der Waals surface area contributed by atoms with Crippen LogP contribution in [0.2, 0.25) is 0 Å². The first-order valence-corrected chi connectivity index (χ1v) is 7.93. The molecular formula is C18H14F3N3O4. The minimum absolute atomic E-state index is 0.108. The standard InChI is InChI=1S/C18H14F3N3O4/c1-9-15-13(10(8-25)7-23-9)6-14(16(22)27-15)17(26)24-11-2-4-12(5-3-11)28-18(19,20)21/h2-7,22,25H,8H2,1H3,(H,24,26). The maximum Gasteiger partial charge on any atom is 0.573 e. The van der Waals surface area contributed by atoms with E-state index in [0.29, 0.717) is 16.6 Å². The zero-order valence-electron chi connectivity index (χ0n) is 14.4. The molecule has 0 aliphatic carbocycles. The Morgan fingerprint density at radius 1 is 1.32 bits per heavy atom. The summed E-state index contributed by atoms with van der Waals surface area (Å²) in [4.78, 5) is 16.6. The van der Waals surface area contributed by atoms with Crippen molar-refractivity contribution >= 4 is 22.6 Å². The summed E-state index contributed by atoms with van der Waals surface area (Å²) in [5.41, 5.74) is 0.875. The number of halogens is 3. The molecule has 0 radical (unpaired) electrons. The summed E-state index contributed by atoms with van der Waals surface area (Å²) in [7, 11) is 0. The number of carbonyl (C=O) groups is 1. The zero-order chi connectivity index (χ0) is 20.5. The number of aryl methyl sites for hydroxylation is 1. The Bertz CT molecular complexity index is 1090. The average Bonchev–Trinajstić information content (AvgIpc) is 2.62. The SMILES string of the molecule is Cc1ncc(CO)c2cc(C(=O)Nc3ccc(OC(F)(F)F)cc3)c(=N)oc12. The Balaban J connectivity index is 1.89. The molecule has 1 aromatic carbocycles. The van der Waals surface area contributed by atoms with Gasteiger partial charge in [-0.25, -0.2) is 0 Å².